The molecule has 0 amide bonds. The van der Waals surface area contributed by atoms with E-state index in [1.165, 1.54) is 19.1 Å². The van der Waals surface area contributed by atoms with Crippen LogP contribution in [0.3, 0.4) is 0 Å². The molecule has 9 heteroatoms. The first-order chi connectivity index (χ1) is 11.9. The topological polar surface area (TPSA) is 110 Å². The molecule has 2 aromatic carbocycles. The Kier molecular flexibility index (Phi) is 5.95. The molecule has 0 bridgehead atoms. The smallest absolute Gasteiger partial charge is 0.230 e. The summed E-state index contributed by atoms with van der Waals surface area (Å²) in [5.41, 5.74) is 11.9. The Morgan fingerprint density at radius 1 is 0.960 bits per heavy atom. The standard InChI is InChI=1S/C16H17Cl2N5O2/c1-24-13-5-3-9(7-11(13)17)23(16(21)22-15(19)20)10-4-6-14(25-2)12(18)8-10/h3-8H,1-2H3,(H5,19,20,21,22). The molecule has 5 N–H and O–H groups in total. The van der Waals surface area contributed by atoms with Crippen molar-refractivity contribution in [3.8, 4) is 11.5 Å². The van der Waals surface area contributed by atoms with Crippen molar-refractivity contribution in [1.82, 2.24) is 0 Å². The number of nitrogens with zero attached hydrogens (tertiary/aromatic N) is 2. The van der Waals surface area contributed by atoms with Crippen molar-refractivity contribution in [2.45, 2.75) is 0 Å². The fourth-order valence-electron chi connectivity index (χ4n) is 2.15. The number of rotatable bonds is 4. The van der Waals surface area contributed by atoms with Gasteiger partial charge >= 0.3 is 0 Å². The van der Waals surface area contributed by atoms with E-state index in [4.69, 9.17) is 49.6 Å². The molecule has 0 aliphatic heterocycles. The zero-order valence-corrected chi connectivity index (χ0v) is 15.1. The minimum atomic E-state index is -0.241. The first-order valence-electron chi connectivity index (χ1n) is 7.02. The highest BCUT2D eigenvalue weighted by molar-refractivity contribution is 6.33. The lowest BCUT2D eigenvalue weighted by molar-refractivity contribution is 0.415. The first kappa shape index (κ1) is 18.7. The van der Waals surface area contributed by atoms with Gasteiger partial charge in [0.25, 0.3) is 0 Å². The minimum absolute atomic E-state index is 0.206. The number of nitrogens with two attached hydrogens (primary N) is 2. The fourth-order valence-corrected chi connectivity index (χ4v) is 2.66. The normalized spacial score (nSPS) is 10.1. The van der Waals surface area contributed by atoms with Crippen molar-refractivity contribution >= 4 is 46.5 Å². The van der Waals surface area contributed by atoms with Crippen LogP contribution in [0, 0.1) is 5.41 Å². The Bertz CT molecular complexity index is 769. The van der Waals surface area contributed by atoms with Crippen molar-refractivity contribution in [3.05, 3.63) is 46.4 Å². The van der Waals surface area contributed by atoms with Gasteiger partial charge in [-0.15, -0.1) is 0 Å². The molecule has 0 aliphatic carbocycles. The average Bonchev–Trinajstić information content (AvgIpc) is 2.55. The number of hydrogen-bond donors (Lipinski definition) is 3. The molecular formula is C16H17Cl2N5O2. The Labute approximate surface area is 155 Å². The van der Waals surface area contributed by atoms with Gasteiger partial charge in [0.2, 0.25) is 5.96 Å². The molecule has 132 valence electrons. The summed E-state index contributed by atoms with van der Waals surface area (Å²) in [6.45, 7) is 0. The van der Waals surface area contributed by atoms with Gasteiger partial charge < -0.3 is 20.9 Å². The number of ether oxygens (including phenoxy) is 2. The van der Waals surface area contributed by atoms with Gasteiger partial charge in [-0.3, -0.25) is 10.3 Å². The third kappa shape index (κ3) is 4.26. The molecule has 0 atom stereocenters. The first-order valence-corrected chi connectivity index (χ1v) is 7.78. The van der Waals surface area contributed by atoms with Crippen LogP contribution in [-0.4, -0.2) is 26.1 Å². The Hall–Kier alpha value is -2.64. The van der Waals surface area contributed by atoms with Crippen LogP contribution >= 0.6 is 23.2 Å². The van der Waals surface area contributed by atoms with Gasteiger partial charge in [0.1, 0.15) is 11.5 Å². The van der Waals surface area contributed by atoms with Gasteiger partial charge in [0, 0.05) is 0 Å². The van der Waals surface area contributed by atoms with Crippen LogP contribution in [0.15, 0.2) is 41.4 Å². The number of benzene rings is 2. The van der Waals surface area contributed by atoms with Crippen molar-refractivity contribution in [1.29, 1.82) is 5.41 Å². The number of guanidine groups is 2. The maximum Gasteiger partial charge on any atom is 0.230 e. The van der Waals surface area contributed by atoms with Crippen LogP contribution in [0.2, 0.25) is 10.0 Å². The van der Waals surface area contributed by atoms with Crippen molar-refractivity contribution in [2.75, 3.05) is 19.1 Å². The zero-order chi connectivity index (χ0) is 18.6. The minimum Gasteiger partial charge on any atom is -0.495 e. The van der Waals surface area contributed by atoms with Crippen LogP contribution in [0.5, 0.6) is 11.5 Å². The summed E-state index contributed by atoms with van der Waals surface area (Å²) in [5, 5.41) is 8.97. The molecular weight excluding hydrogens is 365 g/mol. The van der Waals surface area contributed by atoms with Crippen LogP contribution in [0.25, 0.3) is 0 Å². The molecule has 2 aromatic rings. The summed E-state index contributed by atoms with van der Waals surface area (Å²) >= 11 is 12.4. The molecule has 0 saturated heterocycles. The summed E-state index contributed by atoms with van der Waals surface area (Å²) in [6.07, 6.45) is 0. The molecule has 2 rings (SSSR count). The SMILES string of the molecule is COc1ccc(N(C(=N)N=C(N)N)c2ccc(OC)c(Cl)c2)cc1Cl. The molecule has 0 saturated carbocycles. The Morgan fingerprint density at radius 3 is 1.72 bits per heavy atom. The summed E-state index contributed by atoms with van der Waals surface area (Å²) in [6, 6.07) is 10.1. The van der Waals surface area contributed by atoms with E-state index in [1.807, 2.05) is 0 Å². The van der Waals surface area contributed by atoms with E-state index in [0.717, 1.165) is 0 Å². The Morgan fingerprint density at radius 2 is 1.40 bits per heavy atom. The van der Waals surface area contributed by atoms with Crippen molar-refractivity contribution < 1.29 is 9.47 Å². The van der Waals surface area contributed by atoms with Crippen LogP contribution in [0.4, 0.5) is 11.4 Å². The summed E-state index contributed by atoms with van der Waals surface area (Å²) in [4.78, 5) is 5.29. The van der Waals surface area contributed by atoms with Gasteiger partial charge in [0.15, 0.2) is 5.96 Å². The van der Waals surface area contributed by atoms with E-state index in [9.17, 15) is 0 Å². The van der Waals surface area contributed by atoms with Crippen molar-refractivity contribution in [2.24, 2.45) is 16.5 Å². The number of halogens is 2. The highest BCUT2D eigenvalue weighted by atomic mass is 35.5. The van der Waals surface area contributed by atoms with E-state index in [0.29, 0.717) is 32.9 Å². The van der Waals surface area contributed by atoms with Gasteiger partial charge in [-0.25, -0.2) is 0 Å². The number of hydrogen-bond acceptors (Lipinski definition) is 3. The molecule has 0 fully saturated rings. The molecule has 0 aromatic heterocycles. The monoisotopic (exact) mass is 381 g/mol. The lowest BCUT2D eigenvalue weighted by Crippen LogP contribution is -2.30. The maximum atomic E-state index is 8.22. The predicted molar refractivity (Wildman–Crippen MR) is 102 cm³/mol. The fraction of sp³-hybridized carbons (Fsp3) is 0.125. The highest BCUT2D eigenvalue weighted by Crippen LogP contribution is 2.36. The van der Waals surface area contributed by atoms with E-state index < -0.39 is 0 Å². The zero-order valence-electron chi connectivity index (χ0n) is 13.6. The maximum absolute atomic E-state index is 8.22. The van der Waals surface area contributed by atoms with E-state index in [1.54, 1.807) is 36.4 Å². The van der Waals surface area contributed by atoms with Crippen LogP contribution in [0.1, 0.15) is 0 Å². The average molecular weight is 382 g/mol. The largest absolute Gasteiger partial charge is 0.495 e. The lowest BCUT2D eigenvalue weighted by Gasteiger charge is -2.24. The second-order valence-corrected chi connectivity index (χ2v) is 5.65. The molecule has 0 spiro atoms. The highest BCUT2D eigenvalue weighted by Gasteiger charge is 2.18. The molecule has 0 unspecified atom stereocenters. The number of methoxy groups -OCH3 is 2. The third-order valence-corrected chi connectivity index (χ3v) is 3.82. The molecule has 0 radical (unpaired) electrons. The quantitative estimate of drug-likeness (QED) is 0.555. The van der Waals surface area contributed by atoms with Crippen molar-refractivity contribution in [3.63, 3.8) is 0 Å². The van der Waals surface area contributed by atoms with E-state index >= 15 is 0 Å². The number of nitrogens with one attached hydrogen (secondary N) is 1. The molecule has 0 heterocycles. The second-order valence-electron chi connectivity index (χ2n) is 4.83. The summed E-state index contributed by atoms with van der Waals surface area (Å²) in [5.74, 6) is 0.565. The number of aliphatic imine (C=N–C) groups is 1. The van der Waals surface area contributed by atoms with Gasteiger partial charge in [-0.05, 0) is 36.4 Å². The molecule has 7 nitrogen and oxygen atoms in total. The van der Waals surface area contributed by atoms with Gasteiger partial charge in [-0.1, -0.05) is 23.2 Å². The number of anilines is 2. The predicted octanol–water partition coefficient (Wildman–Crippen LogP) is 3.36. The van der Waals surface area contributed by atoms with Gasteiger partial charge in [-0.2, -0.15) is 4.99 Å². The molecule has 0 aliphatic rings. The van der Waals surface area contributed by atoms with Crippen LogP contribution in [-0.2, 0) is 0 Å². The van der Waals surface area contributed by atoms with Crippen LogP contribution < -0.4 is 25.8 Å². The van der Waals surface area contributed by atoms with E-state index in [2.05, 4.69) is 4.99 Å². The van der Waals surface area contributed by atoms with Gasteiger partial charge in [0.05, 0.1) is 35.6 Å². The third-order valence-electron chi connectivity index (χ3n) is 3.23. The summed E-state index contributed by atoms with van der Waals surface area (Å²) < 4.78 is 10.3. The lowest BCUT2D eigenvalue weighted by atomic mass is 10.2. The second kappa shape index (κ2) is 7.96. The Balaban J connectivity index is 2.57. The van der Waals surface area contributed by atoms with E-state index in [-0.39, 0.29) is 11.9 Å². The molecule has 25 heavy (non-hydrogen) atoms. The summed E-state index contributed by atoms with van der Waals surface area (Å²) in [7, 11) is 3.03.